The van der Waals surface area contributed by atoms with Gasteiger partial charge in [-0.1, -0.05) is 25.1 Å². The third-order valence-electron chi connectivity index (χ3n) is 3.36. The molecule has 1 aromatic carbocycles. The van der Waals surface area contributed by atoms with E-state index in [0.717, 1.165) is 25.4 Å². The van der Waals surface area contributed by atoms with Crippen molar-refractivity contribution in [2.45, 2.75) is 39.3 Å². The first-order chi connectivity index (χ1) is 9.17. The summed E-state index contributed by atoms with van der Waals surface area (Å²) in [5.41, 5.74) is 1.26. The van der Waals surface area contributed by atoms with Crippen molar-refractivity contribution in [3.8, 4) is 5.75 Å². The van der Waals surface area contributed by atoms with Gasteiger partial charge in [0.1, 0.15) is 5.75 Å². The van der Waals surface area contributed by atoms with Crippen molar-refractivity contribution in [2.75, 3.05) is 27.2 Å². The zero-order chi connectivity index (χ0) is 14.1. The van der Waals surface area contributed by atoms with Crippen molar-refractivity contribution < 1.29 is 4.74 Å². The average Bonchev–Trinajstić information content (AvgIpc) is 2.39. The highest BCUT2D eigenvalue weighted by molar-refractivity contribution is 5.32. The Morgan fingerprint density at radius 3 is 2.74 bits per heavy atom. The Kier molecular flexibility index (Phi) is 7.53. The van der Waals surface area contributed by atoms with Crippen LogP contribution < -0.4 is 10.1 Å². The van der Waals surface area contributed by atoms with Crippen LogP contribution in [0.25, 0.3) is 0 Å². The van der Waals surface area contributed by atoms with Crippen molar-refractivity contribution in [1.29, 1.82) is 0 Å². The lowest BCUT2D eigenvalue weighted by molar-refractivity contribution is 0.304. The van der Waals surface area contributed by atoms with Gasteiger partial charge in [-0.2, -0.15) is 0 Å². The van der Waals surface area contributed by atoms with E-state index in [4.69, 9.17) is 4.74 Å². The van der Waals surface area contributed by atoms with Crippen LogP contribution >= 0.6 is 0 Å². The van der Waals surface area contributed by atoms with Gasteiger partial charge >= 0.3 is 0 Å². The number of methoxy groups -OCH3 is 1. The fraction of sp³-hybridized carbons (Fsp3) is 0.625. The quantitative estimate of drug-likeness (QED) is 0.742. The van der Waals surface area contributed by atoms with E-state index in [2.05, 4.69) is 43.2 Å². The first-order valence-electron chi connectivity index (χ1n) is 7.21. The maximum absolute atomic E-state index is 5.38. The number of nitrogens with one attached hydrogen (secondary N) is 1. The molecule has 0 aliphatic rings. The van der Waals surface area contributed by atoms with Crippen molar-refractivity contribution >= 4 is 0 Å². The van der Waals surface area contributed by atoms with Gasteiger partial charge in [-0.15, -0.1) is 0 Å². The molecule has 3 heteroatoms. The Morgan fingerprint density at radius 1 is 1.32 bits per heavy atom. The summed E-state index contributed by atoms with van der Waals surface area (Å²) in [5.74, 6) is 0.982. The summed E-state index contributed by atoms with van der Waals surface area (Å²) in [5, 5.41) is 3.45. The van der Waals surface area contributed by atoms with Crippen molar-refractivity contribution in [3.05, 3.63) is 29.8 Å². The Hall–Kier alpha value is -1.06. The van der Waals surface area contributed by atoms with E-state index >= 15 is 0 Å². The van der Waals surface area contributed by atoms with Crippen LogP contribution in [0.15, 0.2) is 24.3 Å². The molecule has 1 unspecified atom stereocenters. The number of benzene rings is 1. The van der Waals surface area contributed by atoms with Gasteiger partial charge in [0.05, 0.1) is 7.11 Å². The Bertz CT molecular complexity index is 354. The molecule has 1 aromatic rings. The molecule has 0 heterocycles. The molecule has 0 spiro atoms. The molecule has 0 radical (unpaired) electrons. The largest absolute Gasteiger partial charge is 0.496 e. The van der Waals surface area contributed by atoms with Gasteiger partial charge in [0.2, 0.25) is 0 Å². The molecule has 0 amide bonds. The normalized spacial score (nSPS) is 12.7. The summed E-state index contributed by atoms with van der Waals surface area (Å²) in [7, 11) is 3.90. The number of hydrogen-bond donors (Lipinski definition) is 1. The first kappa shape index (κ1) is 16.0. The minimum Gasteiger partial charge on any atom is -0.496 e. The van der Waals surface area contributed by atoms with Gasteiger partial charge in [0, 0.05) is 18.2 Å². The van der Waals surface area contributed by atoms with Gasteiger partial charge in [0.25, 0.3) is 0 Å². The zero-order valence-electron chi connectivity index (χ0n) is 12.8. The summed E-state index contributed by atoms with van der Waals surface area (Å²) >= 11 is 0. The molecule has 0 aliphatic carbocycles. The van der Waals surface area contributed by atoms with Crippen LogP contribution in [-0.2, 0) is 6.54 Å². The third-order valence-corrected chi connectivity index (χ3v) is 3.36. The standard InChI is InChI=1S/C16H28N2O/c1-5-17-14(2)9-8-12-18(3)13-15-10-6-7-11-16(15)19-4/h6-7,10-11,14,17H,5,8-9,12-13H2,1-4H3. The molecule has 0 fully saturated rings. The van der Waals surface area contributed by atoms with Gasteiger partial charge in [-0.3, -0.25) is 0 Å². The summed E-state index contributed by atoms with van der Waals surface area (Å²) in [6.45, 7) is 7.53. The average molecular weight is 264 g/mol. The molecular weight excluding hydrogens is 236 g/mol. The van der Waals surface area contributed by atoms with Crippen LogP contribution in [0.2, 0.25) is 0 Å². The number of para-hydroxylation sites is 1. The fourth-order valence-electron chi connectivity index (χ4n) is 2.32. The highest BCUT2D eigenvalue weighted by atomic mass is 16.5. The zero-order valence-corrected chi connectivity index (χ0v) is 12.8. The topological polar surface area (TPSA) is 24.5 Å². The highest BCUT2D eigenvalue weighted by Gasteiger charge is 2.06. The minimum absolute atomic E-state index is 0.615. The number of ether oxygens (including phenoxy) is 1. The van der Waals surface area contributed by atoms with Crippen molar-refractivity contribution in [1.82, 2.24) is 10.2 Å². The molecule has 0 aliphatic heterocycles. The lowest BCUT2D eigenvalue weighted by Crippen LogP contribution is -2.27. The van der Waals surface area contributed by atoms with E-state index in [0.29, 0.717) is 6.04 Å². The molecule has 0 saturated carbocycles. The van der Waals surface area contributed by atoms with E-state index in [1.165, 1.54) is 18.4 Å². The van der Waals surface area contributed by atoms with Crippen LogP contribution in [-0.4, -0.2) is 38.2 Å². The fourth-order valence-corrected chi connectivity index (χ4v) is 2.32. The van der Waals surface area contributed by atoms with Crippen LogP contribution in [0.1, 0.15) is 32.3 Å². The Labute approximate surface area is 118 Å². The van der Waals surface area contributed by atoms with E-state index < -0.39 is 0 Å². The predicted octanol–water partition coefficient (Wildman–Crippen LogP) is 2.91. The molecule has 19 heavy (non-hydrogen) atoms. The summed E-state index contributed by atoms with van der Waals surface area (Å²) in [6.07, 6.45) is 2.45. The van der Waals surface area contributed by atoms with E-state index in [9.17, 15) is 0 Å². The molecule has 0 saturated heterocycles. The monoisotopic (exact) mass is 264 g/mol. The van der Waals surface area contributed by atoms with Crippen LogP contribution in [0, 0.1) is 0 Å². The van der Waals surface area contributed by atoms with E-state index in [1.54, 1.807) is 7.11 Å². The molecule has 0 bridgehead atoms. The number of nitrogens with zero attached hydrogens (tertiary/aromatic N) is 1. The molecule has 1 atom stereocenters. The third kappa shape index (κ3) is 6.08. The maximum atomic E-state index is 5.38. The van der Waals surface area contributed by atoms with E-state index in [1.807, 2.05) is 12.1 Å². The van der Waals surface area contributed by atoms with Gasteiger partial charge in [-0.25, -0.2) is 0 Å². The Balaban J connectivity index is 2.32. The van der Waals surface area contributed by atoms with Crippen molar-refractivity contribution in [3.63, 3.8) is 0 Å². The van der Waals surface area contributed by atoms with Crippen LogP contribution in [0.4, 0.5) is 0 Å². The van der Waals surface area contributed by atoms with Gasteiger partial charge < -0.3 is 15.0 Å². The number of hydrogen-bond acceptors (Lipinski definition) is 3. The van der Waals surface area contributed by atoms with Gasteiger partial charge in [0.15, 0.2) is 0 Å². The second-order valence-electron chi connectivity index (χ2n) is 5.15. The summed E-state index contributed by atoms with van der Waals surface area (Å²) in [6, 6.07) is 8.86. The van der Waals surface area contributed by atoms with Crippen LogP contribution in [0.5, 0.6) is 5.75 Å². The lowest BCUT2D eigenvalue weighted by Gasteiger charge is -2.19. The molecule has 0 aromatic heterocycles. The SMILES string of the molecule is CCNC(C)CCCN(C)Cc1ccccc1OC. The molecule has 1 rings (SSSR count). The van der Waals surface area contributed by atoms with E-state index in [-0.39, 0.29) is 0 Å². The smallest absolute Gasteiger partial charge is 0.123 e. The van der Waals surface area contributed by atoms with Gasteiger partial charge in [-0.05, 0) is 46.0 Å². The summed E-state index contributed by atoms with van der Waals surface area (Å²) in [4.78, 5) is 2.36. The molecule has 3 nitrogen and oxygen atoms in total. The second-order valence-corrected chi connectivity index (χ2v) is 5.15. The minimum atomic E-state index is 0.615. The molecule has 108 valence electrons. The predicted molar refractivity (Wildman–Crippen MR) is 81.7 cm³/mol. The summed E-state index contributed by atoms with van der Waals surface area (Å²) < 4.78 is 5.38. The molecular formula is C16H28N2O. The Morgan fingerprint density at radius 2 is 2.05 bits per heavy atom. The van der Waals surface area contributed by atoms with Crippen molar-refractivity contribution in [2.24, 2.45) is 0 Å². The lowest BCUT2D eigenvalue weighted by atomic mass is 10.1. The number of rotatable bonds is 9. The first-order valence-corrected chi connectivity index (χ1v) is 7.21. The second kappa shape index (κ2) is 8.94. The highest BCUT2D eigenvalue weighted by Crippen LogP contribution is 2.18. The maximum Gasteiger partial charge on any atom is 0.123 e. The molecule has 1 N–H and O–H groups in total. The van der Waals surface area contributed by atoms with Crippen LogP contribution in [0.3, 0.4) is 0 Å².